The number of hydrogen-bond donors (Lipinski definition) is 2. The zero-order valence-electron chi connectivity index (χ0n) is 18.3. The molecule has 3 atom stereocenters. The Morgan fingerprint density at radius 2 is 2.06 bits per heavy atom. The van der Waals surface area contributed by atoms with E-state index in [1.54, 1.807) is 24.4 Å². The quantitative estimate of drug-likeness (QED) is 0.721. The minimum Gasteiger partial charge on any atom is -0.495 e. The molecular weight excluding hydrogens is 422 g/mol. The van der Waals surface area contributed by atoms with Crippen LogP contribution >= 0.6 is 11.6 Å². The van der Waals surface area contributed by atoms with Gasteiger partial charge in [-0.25, -0.2) is 4.68 Å². The average molecular weight is 450 g/mol. The number of benzene rings is 1. The van der Waals surface area contributed by atoms with Gasteiger partial charge in [-0.1, -0.05) is 43.7 Å². The van der Waals surface area contributed by atoms with Crippen molar-refractivity contribution in [1.29, 1.82) is 0 Å². The van der Waals surface area contributed by atoms with Crippen molar-refractivity contribution in [1.82, 2.24) is 25.2 Å². The van der Waals surface area contributed by atoms with E-state index in [2.05, 4.69) is 15.6 Å². The van der Waals surface area contributed by atoms with Crippen LogP contribution < -0.4 is 10.1 Å². The first-order chi connectivity index (χ1) is 14.6. The highest BCUT2D eigenvalue weighted by Gasteiger charge is 2.45. The molecule has 0 spiro atoms. The molecule has 1 aromatic heterocycles. The Morgan fingerprint density at radius 3 is 2.68 bits per heavy atom. The molecule has 3 rings (SSSR count). The standard InChI is InChI=1S/C21H28ClN5O4/c1-21(2,3)18(20(30)26-10-13(28)9-16(26)19(29)23-4)27-11-15(24-25-27)12-6-7-14(22)17(8-12)31-5/h6-8,11,13,16,18,28H,9-10H2,1-5H3,(H,23,29)/t13-,16+,18-/m1/s1. The average Bonchev–Trinajstić information content (AvgIpc) is 3.33. The van der Waals surface area contributed by atoms with Crippen molar-refractivity contribution in [3.63, 3.8) is 0 Å². The predicted octanol–water partition coefficient (Wildman–Crippen LogP) is 1.90. The summed E-state index contributed by atoms with van der Waals surface area (Å²) in [6.07, 6.45) is 1.15. The normalized spacial score (nSPS) is 19.9. The molecule has 0 unspecified atom stereocenters. The molecule has 168 valence electrons. The minimum atomic E-state index is -0.750. The second-order valence-electron chi connectivity index (χ2n) is 8.71. The number of aromatic nitrogens is 3. The molecule has 9 nitrogen and oxygen atoms in total. The van der Waals surface area contributed by atoms with Crippen LogP contribution in [-0.2, 0) is 9.59 Å². The summed E-state index contributed by atoms with van der Waals surface area (Å²) in [5, 5.41) is 21.6. The van der Waals surface area contributed by atoms with Crippen molar-refractivity contribution >= 4 is 23.4 Å². The van der Waals surface area contributed by atoms with Crippen LogP contribution in [-0.4, -0.2) is 69.7 Å². The molecule has 0 aliphatic carbocycles. The third kappa shape index (κ3) is 4.67. The predicted molar refractivity (Wildman–Crippen MR) is 116 cm³/mol. The molecule has 10 heteroatoms. The third-order valence-electron chi connectivity index (χ3n) is 5.39. The van der Waals surface area contributed by atoms with E-state index >= 15 is 0 Å². The van der Waals surface area contributed by atoms with Crippen LogP contribution in [0.4, 0.5) is 0 Å². The lowest BCUT2D eigenvalue weighted by Gasteiger charge is -2.34. The minimum absolute atomic E-state index is 0.0967. The fourth-order valence-corrected chi connectivity index (χ4v) is 4.06. The summed E-state index contributed by atoms with van der Waals surface area (Å²) in [7, 11) is 3.05. The van der Waals surface area contributed by atoms with Gasteiger partial charge in [-0.15, -0.1) is 5.10 Å². The topological polar surface area (TPSA) is 110 Å². The Kier molecular flexibility index (Phi) is 6.56. The molecule has 1 aliphatic rings. The molecule has 31 heavy (non-hydrogen) atoms. The Morgan fingerprint density at radius 1 is 1.35 bits per heavy atom. The van der Waals surface area contributed by atoms with Gasteiger partial charge in [0.05, 0.1) is 24.4 Å². The number of carbonyl (C=O) groups excluding carboxylic acids is 2. The largest absolute Gasteiger partial charge is 0.495 e. The summed E-state index contributed by atoms with van der Waals surface area (Å²) in [4.78, 5) is 27.3. The van der Waals surface area contributed by atoms with Gasteiger partial charge in [-0.05, 0) is 17.5 Å². The van der Waals surface area contributed by atoms with Gasteiger partial charge in [-0.3, -0.25) is 9.59 Å². The van der Waals surface area contributed by atoms with Crippen LogP contribution in [0.15, 0.2) is 24.4 Å². The van der Waals surface area contributed by atoms with E-state index in [4.69, 9.17) is 16.3 Å². The molecule has 1 saturated heterocycles. The number of nitrogens with one attached hydrogen (secondary N) is 1. The van der Waals surface area contributed by atoms with Crippen molar-refractivity contribution in [3.8, 4) is 17.0 Å². The number of amides is 2. The van der Waals surface area contributed by atoms with E-state index in [0.29, 0.717) is 16.5 Å². The molecule has 2 heterocycles. The number of likely N-dealkylation sites (N-methyl/N-ethyl adjacent to an activating group) is 1. The summed E-state index contributed by atoms with van der Waals surface area (Å²) < 4.78 is 6.79. The number of hydrogen-bond acceptors (Lipinski definition) is 6. The van der Waals surface area contributed by atoms with Crippen molar-refractivity contribution in [2.75, 3.05) is 20.7 Å². The highest BCUT2D eigenvalue weighted by atomic mass is 35.5. The van der Waals surface area contributed by atoms with Crippen LogP contribution in [0.1, 0.15) is 33.2 Å². The summed E-state index contributed by atoms with van der Waals surface area (Å²) in [6, 6.07) is 3.82. The maximum atomic E-state index is 13.6. The second-order valence-corrected chi connectivity index (χ2v) is 9.12. The maximum absolute atomic E-state index is 13.6. The summed E-state index contributed by atoms with van der Waals surface area (Å²) in [5.41, 5.74) is 0.773. The molecule has 1 fully saturated rings. The third-order valence-corrected chi connectivity index (χ3v) is 5.70. The van der Waals surface area contributed by atoms with Gasteiger partial charge in [0.2, 0.25) is 11.8 Å². The van der Waals surface area contributed by atoms with E-state index in [1.165, 1.54) is 23.7 Å². The first-order valence-corrected chi connectivity index (χ1v) is 10.4. The van der Waals surface area contributed by atoms with Crippen molar-refractivity contribution < 1.29 is 19.4 Å². The molecule has 1 aliphatic heterocycles. The molecule has 2 aromatic rings. The molecule has 2 amide bonds. The second kappa shape index (κ2) is 8.84. The Bertz CT molecular complexity index is 971. The first kappa shape index (κ1) is 23.0. The van der Waals surface area contributed by atoms with E-state index in [-0.39, 0.29) is 24.8 Å². The maximum Gasteiger partial charge on any atom is 0.248 e. The lowest BCUT2D eigenvalue weighted by atomic mass is 9.85. The summed E-state index contributed by atoms with van der Waals surface area (Å²) in [6.45, 7) is 5.86. The lowest BCUT2D eigenvalue weighted by Crippen LogP contribution is -2.49. The van der Waals surface area contributed by atoms with Gasteiger partial charge in [0.1, 0.15) is 23.5 Å². The molecule has 0 saturated carbocycles. The number of carbonyl (C=O) groups is 2. The summed E-state index contributed by atoms with van der Waals surface area (Å²) >= 11 is 6.11. The highest BCUT2D eigenvalue weighted by molar-refractivity contribution is 6.32. The van der Waals surface area contributed by atoms with Gasteiger partial charge in [0, 0.05) is 25.6 Å². The molecule has 1 aromatic carbocycles. The Hall–Kier alpha value is -2.65. The molecule has 2 N–H and O–H groups in total. The van der Waals surface area contributed by atoms with E-state index in [1.807, 2.05) is 20.8 Å². The van der Waals surface area contributed by atoms with E-state index < -0.39 is 23.6 Å². The number of methoxy groups -OCH3 is 1. The number of ether oxygens (including phenoxy) is 1. The van der Waals surface area contributed by atoms with Crippen molar-refractivity contribution in [2.45, 2.75) is 45.4 Å². The highest BCUT2D eigenvalue weighted by Crippen LogP contribution is 2.35. The van der Waals surface area contributed by atoms with Crippen LogP contribution in [0.5, 0.6) is 5.75 Å². The van der Waals surface area contributed by atoms with Gasteiger partial charge >= 0.3 is 0 Å². The smallest absolute Gasteiger partial charge is 0.248 e. The molecule has 0 radical (unpaired) electrons. The van der Waals surface area contributed by atoms with Crippen LogP contribution in [0.3, 0.4) is 0 Å². The SMILES string of the molecule is CNC(=O)[C@@H]1C[C@@H](O)CN1C(=O)[C@@H](n1cc(-c2ccc(Cl)c(OC)c2)nn1)C(C)(C)C. The zero-order chi connectivity index (χ0) is 22.9. The number of β-amino-alcohol motifs (C(OH)–C–C–N with tert-alkyl or cyclic N) is 1. The summed E-state index contributed by atoms with van der Waals surface area (Å²) in [5.74, 6) is -0.0791. The van der Waals surface area contributed by atoms with Crippen LogP contribution in [0, 0.1) is 5.41 Å². The van der Waals surface area contributed by atoms with Gasteiger partial charge < -0.3 is 20.1 Å². The van der Waals surface area contributed by atoms with E-state index in [0.717, 1.165) is 5.56 Å². The van der Waals surface area contributed by atoms with Gasteiger partial charge in [0.15, 0.2) is 0 Å². The van der Waals surface area contributed by atoms with Gasteiger partial charge in [-0.2, -0.15) is 0 Å². The number of rotatable bonds is 5. The van der Waals surface area contributed by atoms with Crippen molar-refractivity contribution in [3.05, 3.63) is 29.4 Å². The Labute approximate surface area is 186 Å². The van der Waals surface area contributed by atoms with Gasteiger partial charge in [0.25, 0.3) is 0 Å². The fourth-order valence-electron chi connectivity index (χ4n) is 3.86. The monoisotopic (exact) mass is 449 g/mol. The fraction of sp³-hybridized carbons (Fsp3) is 0.524. The van der Waals surface area contributed by atoms with Crippen molar-refractivity contribution in [2.24, 2.45) is 5.41 Å². The van der Waals surface area contributed by atoms with E-state index in [9.17, 15) is 14.7 Å². The number of likely N-dealkylation sites (tertiary alicyclic amines) is 1. The lowest BCUT2D eigenvalue weighted by molar-refractivity contribution is -0.144. The van der Waals surface area contributed by atoms with Crippen LogP contribution in [0.25, 0.3) is 11.3 Å². The Balaban J connectivity index is 1.96. The zero-order valence-corrected chi connectivity index (χ0v) is 19.1. The first-order valence-electron chi connectivity index (χ1n) is 10.0. The number of halogens is 1. The number of nitrogens with zero attached hydrogens (tertiary/aromatic N) is 4. The number of aliphatic hydroxyl groups excluding tert-OH is 1. The number of aliphatic hydroxyl groups is 1. The van der Waals surface area contributed by atoms with Crippen LogP contribution in [0.2, 0.25) is 5.02 Å². The molecule has 0 bridgehead atoms. The molecular formula is C21H28ClN5O4.